The highest BCUT2D eigenvalue weighted by molar-refractivity contribution is 7.89. The van der Waals surface area contributed by atoms with E-state index in [0.29, 0.717) is 36.3 Å². The minimum atomic E-state index is -3.67. The van der Waals surface area contributed by atoms with Gasteiger partial charge in [-0.2, -0.15) is 4.31 Å². The highest BCUT2D eigenvalue weighted by Crippen LogP contribution is 2.33. The van der Waals surface area contributed by atoms with E-state index in [4.69, 9.17) is 8.94 Å². The lowest BCUT2D eigenvalue weighted by Crippen LogP contribution is -2.39. The third-order valence-corrected chi connectivity index (χ3v) is 7.44. The molecule has 0 saturated carbocycles. The molecule has 26 heavy (non-hydrogen) atoms. The summed E-state index contributed by atoms with van der Waals surface area (Å²) in [7, 11) is -3.67. The van der Waals surface area contributed by atoms with Crippen molar-refractivity contribution in [3.63, 3.8) is 0 Å². The summed E-state index contributed by atoms with van der Waals surface area (Å²) in [5.41, 5.74) is 0.377. The molecule has 0 bridgehead atoms. The number of rotatable bonds is 4. The molecule has 1 aliphatic rings. The first-order valence-electron chi connectivity index (χ1n) is 8.27. The Balaban J connectivity index is 1.58. The van der Waals surface area contributed by atoms with E-state index in [-0.39, 0.29) is 10.8 Å². The van der Waals surface area contributed by atoms with Gasteiger partial charge >= 0.3 is 0 Å². The molecule has 4 heterocycles. The molecule has 10 heteroatoms. The minimum Gasteiger partial charge on any atom is -0.420 e. The second-order valence-electron chi connectivity index (χ2n) is 6.28. The molecule has 1 atom stereocenters. The number of hydrogen-bond acceptors (Lipinski definition) is 8. The van der Waals surface area contributed by atoms with Crippen molar-refractivity contribution in [2.24, 2.45) is 0 Å². The predicted octanol–water partition coefficient (Wildman–Crippen LogP) is 2.97. The number of nitrogens with zero attached hydrogens (tertiary/aromatic N) is 4. The van der Waals surface area contributed by atoms with Crippen LogP contribution in [0.5, 0.6) is 0 Å². The van der Waals surface area contributed by atoms with E-state index in [1.807, 2.05) is 17.5 Å². The van der Waals surface area contributed by atoms with E-state index in [2.05, 4.69) is 15.4 Å². The van der Waals surface area contributed by atoms with Crippen molar-refractivity contribution in [1.82, 2.24) is 19.7 Å². The van der Waals surface area contributed by atoms with Crippen LogP contribution in [-0.4, -0.2) is 41.2 Å². The number of hydrogen-bond donors (Lipinski definition) is 0. The maximum atomic E-state index is 13.0. The highest BCUT2D eigenvalue weighted by Gasteiger charge is 2.36. The monoisotopic (exact) mass is 394 g/mol. The molecule has 0 amide bonds. The molecule has 3 aromatic heterocycles. The molecule has 1 fully saturated rings. The molecule has 0 spiro atoms. The average Bonchev–Trinajstić information content (AvgIpc) is 3.35. The fraction of sp³-hybridized carbons (Fsp3) is 0.438. The summed E-state index contributed by atoms with van der Waals surface area (Å²) in [6.45, 7) is 4.00. The lowest BCUT2D eigenvalue weighted by atomic mass is 10.00. The first-order chi connectivity index (χ1) is 12.5. The molecule has 0 N–H and O–H groups in total. The Kier molecular flexibility index (Phi) is 4.41. The highest BCUT2D eigenvalue weighted by atomic mass is 32.2. The van der Waals surface area contributed by atoms with Crippen LogP contribution in [0.15, 0.2) is 31.3 Å². The number of thiophene rings is 1. The number of aromatic nitrogens is 3. The zero-order valence-electron chi connectivity index (χ0n) is 14.4. The van der Waals surface area contributed by atoms with Gasteiger partial charge in [-0.3, -0.25) is 0 Å². The van der Waals surface area contributed by atoms with Crippen molar-refractivity contribution >= 4 is 21.4 Å². The van der Waals surface area contributed by atoms with Crippen LogP contribution in [0.25, 0.3) is 10.8 Å². The van der Waals surface area contributed by atoms with Gasteiger partial charge in [-0.25, -0.2) is 8.42 Å². The van der Waals surface area contributed by atoms with E-state index >= 15 is 0 Å². The van der Waals surface area contributed by atoms with Crippen LogP contribution in [0, 0.1) is 13.8 Å². The third-order valence-electron chi connectivity index (χ3n) is 4.47. The largest absolute Gasteiger partial charge is 0.420 e. The molecule has 0 radical (unpaired) electrons. The van der Waals surface area contributed by atoms with Gasteiger partial charge in [0.25, 0.3) is 5.89 Å². The van der Waals surface area contributed by atoms with Crippen molar-refractivity contribution in [3.8, 4) is 10.8 Å². The maximum Gasteiger partial charge on any atom is 0.257 e. The van der Waals surface area contributed by atoms with Crippen LogP contribution in [0.3, 0.4) is 0 Å². The zero-order valence-corrected chi connectivity index (χ0v) is 16.0. The topological polar surface area (TPSA) is 102 Å². The second kappa shape index (κ2) is 6.60. The fourth-order valence-corrected chi connectivity index (χ4v) is 5.69. The Labute approximate surface area is 154 Å². The van der Waals surface area contributed by atoms with Gasteiger partial charge in [-0.1, -0.05) is 11.2 Å². The van der Waals surface area contributed by atoms with Crippen LogP contribution in [0.1, 0.15) is 36.1 Å². The van der Waals surface area contributed by atoms with Gasteiger partial charge in [0.1, 0.15) is 10.6 Å². The smallest absolute Gasteiger partial charge is 0.257 e. The van der Waals surface area contributed by atoms with Crippen LogP contribution >= 0.6 is 11.3 Å². The molecule has 0 aromatic carbocycles. The summed E-state index contributed by atoms with van der Waals surface area (Å²) in [6, 6.07) is 3.83. The SMILES string of the molecule is Cc1noc(C)c1S(=O)(=O)N1CCC[C@@H](c2nnc(-c3cccs3)o2)C1. The molecular formula is C16H18N4O4S2. The van der Waals surface area contributed by atoms with Crippen LogP contribution in [0.4, 0.5) is 0 Å². The lowest BCUT2D eigenvalue weighted by molar-refractivity contribution is 0.285. The molecule has 3 aromatic rings. The average molecular weight is 394 g/mol. The summed E-state index contributed by atoms with van der Waals surface area (Å²) in [5, 5.41) is 14.0. The molecule has 0 aliphatic carbocycles. The molecule has 1 saturated heterocycles. The maximum absolute atomic E-state index is 13.0. The number of piperidine rings is 1. The van der Waals surface area contributed by atoms with E-state index in [9.17, 15) is 8.42 Å². The lowest BCUT2D eigenvalue weighted by Gasteiger charge is -2.30. The van der Waals surface area contributed by atoms with Gasteiger partial charge in [0.05, 0.1) is 10.8 Å². The molecular weight excluding hydrogens is 376 g/mol. The van der Waals surface area contributed by atoms with Gasteiger partial charge < -0.3 is 8.94 Å². The Morgan fingerprint density at radius 3 is 2.85 bits per heavy atom. The van der Waals surface area contributed by atoms with Crippen LogP contribution in [-0.2, 0) is 10.0 Å². The van der Waals surface area contributed by atoms with Gasteiger partial charge in [-0.15, -0.1) is 21.5 Å². The summed E-state index contributed by atoms with van der Waals surface area (Å²) >= 11 is 1.52. The first-order valence-corrected chi connectivity index (χ1v) is 10.6. The van der Waals surface area contributed by atoms with Crippen molar-refractivity contribution < 1.29 is 17.4 Å². The van der Waals surface area contributed by atoms with E-state index in [0.717, 1.165) is 17.7 Å². The summed E-state index contributed by atoms with van der Waals surface area (Å²) < 4.78 is 38.3. The van der Waals surface area contributed by atoms with E-state index in [1.165, 1.54) is 15.6 Å². The van der Waals surface area contributed by atoms with Crippen molar-refractivity contribution in [1.29, 1.82) is 0 Å². The summed E-state index contributed by atoms with van der Waals surface area (Å²) in [6.07, 6.45) is 1.53. The second-order valence-corrected chi connectivity index (χ2v) is 9.10. The van der Waals surface area contributed by atoms with Crippen molar-refractivity contribution in [2.45, 2.75) is 37.5 Å². The van der Waals surface area contributed by atoms with Crippen molar-refractivity contribution in [2.75, 3.05) is 13.1 Å². The van der Waals surface area contributed by atoms with Crippen molar-refractivity contribution in [3.05, 3.63) is 34.9 Å². The van der Waals surface area contributed by atoms with Gasteiger partial charge in [-0.05, 0) is 38.1 Å². The van der Waals surface area contributed by atoms with Gasteiger partial charge in [0.2, 0.25) is 15.9 Å². The molecule has 4 rings (SSSR count). The van der Waals surface area contributed by atoms with Crippen LogP contribution in [0.2, 0.25) is 0 Å². The Morgan fingerprint density at radius 1 is 1.31 bits per heavy atom. The molecule has 138 valence electrons. The fourth-order valence-electron chi connectivity index (χ4n) is 3.23. The van der Waals surface area contributed by atoms with E-state index in [1.54, 1.807) is 13.8 Å². The Morgan fingerprint density at radius 2 is 2.15 bits per heavy atom. The molecule has 1 aliphatic heterocycles. The summed E-state index contributed by atoms with van der Waals surface area (Å²) in [5.74, 6) is 1.13. The molecule has 0 unspecified atom stereocenters. The predicted molar refractivity (Wildman–Crippen MR) is 94.3 cm³/mol. The Bertz CT molecular complexity index is 988. The summed E-state index contributed by atoms with van der Waals surface area (Å²) in [4.78, 5) is 1.06. The normalized spacial score (nSPS) is 19.1. The standard InChI is InChI=1S/C16H18N4O4S2/c1-10-14(11(2)24-19-10)26(21,22)20-7-3-5-12(9-20)15-17-18-16(23-15)13-6-4-8-25-13/h4,6,8,12H,3,5,7,9H2,1-2H3/t12-/m1/s1. The van der Waals surface area contributed by atoms with Crippen LogP contribution < -0.4 is 0 Å². The zero-order chi connectivity index (χ0) is 18.3. The van der Waals surface area contributed by atoms with E-state index < -0.39 is 10.0 Å². The number of aryl methyl sites for hydroxylation is 2. The minimum absolute atomic E-state index is 0.125. The molecule has 8 nitrogen and oxygen atoms in total. The quantitative estimate of drug-likeness (QED) is 0.670. The van der Waals surface area contributed by atoms with Gasteiger partial charge in [0.15, 0.2) is 5.76 Å². The Hall–Kier alpha value is -2.04. The number of sulfonamides is 1. The third kappa shape index (κ3) is 2.97. The van der Waals surface area contributed by atoms with Gasteiger partial charge in [0, 0.05) is 13.1 Å². The first kappa shape index (κ1) is 17.4.